The molecule has 176 valence electrons. The van der Waals surface area contributed by atoms with Gasteiger partial charge in [0.2, 0.25) is 5.91 Å². The number of hydrogen-bond donors (Lipinski definition) is 1. The maximum absolute atomic E-state index is 12.9. The fraction of sp³-hybridized carbons (Fsp3) is 0.409. The van der Waals surface area contributed by atoms with Crippen LogP contribution in [0.2, 0.25) is 0 Å². The van der Waals surface area contributed by atoms with Crippen LogP contribution in [0.5, 0.6) is 5.75 Å². The minimum atomic E-state index is -3.66. The maximum Gasteiger partial charge on any atom is 0.262 e. The zero-order valence-corrected chi connectivity index (χ0v) is 20.7. The molecular weight excluding hydrogens is 462 g/mol. The van der Waals surface area contributed by atoms with E-state index in [-0.39, 0.29) is 29.9 Å². The smallest absolute Gasteiger partial charge is 0.262 e. The summed E-state index contributed by atoms with van der Waals surface area (Å²) in [5.74, 6) is 1.01. The van der Waals surface area contributed by atoms with E-state index in [4.69, 9.17) is 4.74 Å². The molecule has 2 aromatic heterocycles. The normalized spacial score (nSPS) is 15.5. The van der Waals surface area contributed by atoms with Crippen LogP contribution in [0.3, 0.4) is 0 Å². The van der Waals surface area contributed by atoms with Gasteiger partial charge in [0.15, 0.2) is 10.2 Å². The van der Waals surface area contributed by atoms with Crippen LogP contribution >= 0.6 is 11.3 Å². The van der Waals surface area contributed by atoms with Gasteiger partial charge in [0.1, 0.15) is 11.6 Å². The number of sulfonamides is 1. The first-order chi connectivity index (χ1) is 15.7. The van der Waals surface area contributed by atoms with Gasteiger partial charge in [-0.2, -0.15) is 4.31 Å². The van der Waals surface area contributed by atoms with Crippen LogP contribution < -0.4 is 10.1 Å². The monoisotopic (exact) mass is 489 g/mol. The van der Waals surface area contributed by atoms with Crippen LogP contribution in [-0.4, -0.2) is 53.4 Å². The first-order valence-electron chi connectivity index (χ1n) is 10.6. The maximum atomic E-state index is 12.9. The van der Waals surface area contributed by atoms with Gasteiger partial charge < -0.3 is 14.6 Å². The molecule has 0 saturated carbocycles. The van der Waals surface area contributed by atoms with Crippen molar-refractivity contribution in [1.82, 2.24) is 18.8 Å². The highest BCUT2D eigenvalue weighted by Gasteiger charge is 2.33. The van der Waals surface area contributed by atoms with Gasteiger partial charge in [-0.15, -0.1) is 11.3 Å². The van der Waals surface area contributed by atoms with Gasteiger partial charge in [-0.3, -0.25) is 4.79 Å². The van der Waals surface area contributed by atoms with E-state index in [9.17, 15) is 13.2 Å². The summed E-state index contributed by atoms with van der Waals surface area (Å²) < 4.78 is 34.0. The molecule has 0 bridgehead atoms. The molecule has 33 heavy (non-hydrogen) atoms. The Balaban J connectivity index is 1.38. The number of benzene rings is 1. The van der Waals surface area contributed by atoms with Crippen molar-refractivity contribution in [2.75, 3.05) is 25.5 Å². The number of carbonyl (C=O) groups excluding carboxylic acids is 1. The zero-order chi connectivity index (χ0) is 23.8. The lowest BCUT2D eigenvalue weighted by molar-refractivity contribution is -0.120. The van der Waals surface area contributed by atoms with E-state index in [1.54, 1.807) is 25.6 Å². The lowest BCUT2D eigenvalue weighted by Crippen LogP contribution is -2.41. The second-order valence-electron chi connectivity index (χ2n) is 8.06. The molecule has 0 aliphatic carbocycles. The van der Waals surface area contributed by atoms with Crippen molar-refractivity contribution in [3.8, 4) is 17.0 Å². The number of aryl methyl sites for hydroxylation is 3. The number of hydrogen-bond acceptors (Lipinski definition) is 7. The van der Waals surface area contributed by atoms with Crippen molar-refractivity contribution in [2.45, 2.75) is 31.7 Å². The van der Waals surface area contributed by atoms with E-state index < -0.39 is 10.0 Å². The largest absolute Gasteiger partial charge is 0.497 e. The molecule has 4 rings (SSSR count). The third kappa shape index (κ3) is 4.80. The number of thiazole rings is 1. The van der Waals surface area contributed by atoms with Crippen molar-refractivity contribution >= 4 is 32.4 Å². The summed E-state index contributed by atoms with van der Waals surface area (Å²) in [5, 5.41) is 3.52. The fourth-order valence-corrected chi connectivity index (χ4v) is 6.15. The number of nitrogens with zero attached hydrogens (tertiary/aromatic N) is 4. The van der Waals surface area contributed by atoms with Crippen LogP contribution in [0.25, 0.3) is 11.3 Å². The van der Waals surface area contributed by atoms with Gasteiger partial charge in [-0.05, 0) is 51.0 Å². The molecule has 0 atom stereocenters. The number of amides is 1. The van der Waals surface area contributed by atoms with Gasteiger partial charge in [0.25, 0.3) is 10.0 Å². The van der Waals surface area contributed by atoms with E-state index >= 15 is 0 Å². The average molecular weight is 490 g/mol. The van der Waals surface area contributed by atoms with Crippen molar-refractivity contribution in [3.63, 3.8) is 0 Å². The van der Waals surface area contributed by atoms with Crippen LogP contribution in [-0.2, 0) is 21.9 Å². The summed E-state index contributed by atoms with van der Waals surface area (Å²) in [6.07, 6.45) is 2.42. The standard InChI is InChI=1S/C22H27N5O4S2/c1-14-20(16-5-7-18(31-4)8-6-16)24-22(32-14)25-21(28)17-9-11-27(12-10-17)33(29,30)19-13-26(3)15(2)23-19/h5-8,13,17H,9-12H2,1-4H3,(H,24,25,28). The van der Waals surface area contributed by atoms with E-state index in [0.717, 1.165) is 21.9 Å². The molecule has 1 aliphatic heterocycles. The average Bonchev–Trinajstić information content (AvgIpc) is 3.35. The first-order valence-corrected chi connectivity index (χ1v) is 12.9. The fourth-order valence-electron chi connectivity index (χ4n) is 3.82. The molecule has 1 N–H and O–H groups in total. The molecule has 3 aromatic rings. The third-order valence-corrected chi connectivity index (χ3v) is 8.56. The topological polar surface area (TPSA) is 106 Å². The zero-order valence-electron chi connectivity index (χ0n) is 19.0. The summed E-state index contributed by atoms with van der Waals surface area (Å²) in [6.45, 7) is 4.29. The van der Waals surface area contributed by atoms with Gasteiger partial charge in [-0.1, -0.05) is 0 Å². The molecule has 1 aromatic carbocycles. The number of methoxy groups -OCH3 is 1. The highest BCUT2D eigenvalue weighted by atomic mass is 32.2. The molecule has 3 heterocycles. The number of ether oxygens (including phenoxy) is 1. The SMILES string of the molecule is COc1ccc(-c2nc(NC(=O)C3CCN(S(=O)(=O)c4cn(C)c(C)n4)CC3)sc2C)cc1. The van der Waals surface area contributed by atoms with Gasteiger partial charge in [0.05, 0.1) is 12.8 Å². The molecule has 11 heteroatoms. The summed E-state index contributed by atoms with van der Waals surface area (Å²) in [4.78, 5) is 22.6. The van der Waals surface area contributed by atoms with Crippen LogP contribution in [0.15, 0.2) is 35.5 Å². The summed E-state index contributed by atoms with van der Waals surface area (Å²) in [5.41, 5.74) is 1.78. The van der Waals surface area contributed by atoms with Gasteiger partial charge in [-0.25, -0.2) is 18.4 Å². The van der Waals surface area contributed by atoms with Crippen LogP contribution in [0.1, 0.15) is 23.5 Å². The molecule has 1 saturated heterocycles. The Labute approximate surface area is 197 Å². The second kappa shape index (κ2) is 9.24. The molecule has 1 aliphatic rings. The predicted molar refractivity (Wildman–Crippen MR) is 127 cm³/mol. The molecule has 9 nitrogen and oxygen atoms in total. The van der Waals surface area contributed by atoms with E-state index in [0.29, 0.717) is 23.8 Å². The Bertz CT molecular complexity index is 1240. The number of piperidine rings is 1. The number of aromatic nitrogens is 3. The molecule has 0 spiro atoms. The second-order valence-corrected chi connectivity index (χ2v) is 11.1. The summed E-state index contributed by atoms with van der Waals surface area (Å²) in [7, 11) is -0.276. The van der Waals surface area contributed by atoms with Gasteiger partial charge in [0, 0.05) is 42.7 Å². The number of anilines is 1. The van der Waals surface area contributed by atoms with Crippen molar-refractivity contribution in [3.05, 3.63) is 41.2 Å². The number of carbonyl (C=O) groups is 1. The highest BCUT2D eigenvalue weighted by molar-refractivity contribution is 7.89. The Morgan fingerprint density at radius 1 is 1.15 bits per heavy atom. The minimum absolute atomic E-state index is 0.0507. The number of imidazole rings is 1. The quantitative estimate of drug-likeness (QED) is 0.570. The third-order valence-electron chi connectivity index (χ3n) is 5.91. The van der Waals surface area contributed by atoms with Crippen molar-refractivity contribution in [2.24, 2.45) is 13.0 Å². The Kier molecular flexibility index (Phi) is 6.55. The van der Waals surface area contributed by atoms with Crippen molar-refractivity contribution in [1.29, 1.82) is 0 Å². The van der Waals surface area contributed by atoms with Crippen molar-refractivity contribution < 1.29 is 17.9 Å². The Hall–Kier alpha value is -2.76. The molecule has 1 fully saturated rings. The summed E-state index contributed by atoms with van der Waals surface area (Å²) in [6, 6.07) is 7.62. The molecule has 0 radical (unpaired) electrons. The van der Waals surface area contributed by atoms with E-state index in [1.165, 1.54) is 21.8 Å². The van der Waals surface area contributed by atoms with E-state index in [2.05, 4.69) is 15.3 Å². The number of nitrogens with one attached hydrogen (secondary N) is 1. The Morgan fingerprint density at radius 3 is 2.39 bits per heavy atom. The minimum Gasteiger partial charge on any atom is -0.497 e. The Morgan fingerprint density at radius 2 is 1.82 bits per heavy atom. The highest BCUT2D eigenvalue weighted by Crippen LogP contribution is 2.32. The molecular formula is C22H27N5O4S2. The lowest BCUT2D eigenvalue weighted by Gasteiger charge is -2.29. The van der Waals surface area contributed by atoms with Gasteiger partial charge >= 0.3 is 0 Å². The molecule has 1 amide bonds. The van der Waals surface area contributed by atoms with Crippen LogP contribution in [0.4, 0.5) is 5.13 Å². The predicted octanol–water partition coefficient (Wildman–Crippen LogP) is 3.21. The number of rotatable bonds is 6. The summed E-state index contributed by atoms with van der Waals surface area (Å²) >= 11 is 1.43. The molecule has 0 unspecified atom stereocenters. The first kappa shape index (κ1) is 23.4. The van der Waals surface area contributed by atoms with Crippen LogP contribution in [0, 0.1) is 19.8 Å². The van der Waals surface area contributed by atoms with E-state index in [1.807, 2.05) is 31.2 Å². The lowest BCUT2D eigenvalue weighted by atomic mass is 9.97.